The monoisotopic (exact) mass is 352 g/mol. The molecule has 0 amide bonds. The summed E-state index contributed by atoms with van der Waals surface area (Å²) in [6, 6.07) is 12.8. The Labute approximate surface area is 158 Å². The van der Waals surface area contributed by atoms with Gasteiger partial charge in [0.15, 0.2) is 0 Å². The van der Waals surface area contributed by atoms with Crippen molar-refractivity contribution in [1.82, 2.24) is 19.8 Å². The summed E-state index contributed by atoms with van der Waals surface area (Å²) in [5.41, 5.74) is 4.62. The smallest absolute Gasteiger partial charge is 0.0548 e. The molecule has 4 bridgehead atoms. The maximum absolute atomic E-state index is 4.97. The summed E-state index contributed by atoms with van der Waals surface area (Å²) in [4.78, 5) is 14.8. The summed E-state index contributed by atoms with van der Waals surface area (Å²) in [5.74, 6) is 0. The van der Waals surface area contributed by atoms with Crippen molar-refractivity contribution >= 4 is 0 Å². The van der Waals surface area contributed by atoms with E-state index in [-0.39, 0.29) is 11.1 Å². The molecular formula is C22H32N4. The van der Waals surface area contributed by atoms with Crippen molar-refractivity contribution in [3.63, 3.8) is 0 Å². The number of nitrogens with zero attached hydrogens (tertiary/aromatic N) is 4. The van der Waals surface area contributed by atoms with E-state index in [1.54, 1.807) is 0 Å². The highest BCUT2D eigenvalue weighted by Crippen LogP contribution is 2.23. The number of pyridine rings is 2. The summed E-state index contributed by atoms with van der Waals surface area (Å²) >= 11 is 0. The Kier molecular flexibility index (Phi) is 5.18. The van der Waals surface area contributed by atoms with Gasteiger partial charge in [-0.05, 0) is 65.8 Å². The Morgan fingerprint density at radius 3 is 1.08 bits per heavy atom. The van der Waals surface area contributed by atoms with E-state index in [1.807, 2.05) is 0 Å². The van der Waals surface area contributed by atoms with Gasteiger partial charge in [0.2, 0.25) is 0 Å². The van der Waals surface area contributed by atoms with Crippen molar-refractivity contribution in [2.45, 2.75) is 78.8 Å². The standard InChI is InChI=1S/C22H32N4/c1-21(2,3)25-13-17-9-7-11-19(23-17)15-26(22(4,5)6)16-20-12-8-10-18(14-25)24-20/h7-12H,13-16H2,1-6H3. The zero-order valence-corrected chi connectivity index (χ0v) is 17.1. The predicted octanol–water partition coefficient (Wildman–Crippen LogP) is 4.39. The molecule has 2 aromatic heterocycles. The van der Waals surface area contributed by atoms with Gasteiger partial charge in [0.05, 0.1) is 22.8 Å². The second-order valence-electron chi connectivity index (χ2n) is 9.29. The van der Waals surface area contributed by atoms with E-state index < -0.39 is 0 Å². The molecule has 0 aromatic carbocycles. The lowest BCUT2D eigenvalue weighted by atomic mass is 10.0. The van der Waals surface area contributed by atoms with E-state index >= 15 is 0 Å². The number of rotatable bonds is 0. The van der Waals surface area contributed by atoms with Crippen molar-refractivity contribution in [2.24, 2.45) is 0 Å². The van der Waals surface area contributed by atoms with Gasteiger partial charge in [-0.2, -0.15) is 0 Å². The van der Waals surface area contributed by atoms with Crippen LogP contribution in [-0.4, -0.2) is 30.8 Å². The lowest BCUT2D eigenvalue weighted by molar-refractivity contribution is 0.107. The second kappa shape index (κ2) is 7.09. The molecule has 0 spiro atoms. The first-order chi connectivity index (χ1) is 12.1. The van der Waals surface area contributed by atoms with Crippen molar-refractivity contribution in [3.8, 4) is 0 Å². The highest BCUT2D eigenvalue weighted by atomic mass is 15.2. The molecule has 0 N–H and O–H groups in total. The van der Waals surface area contributed by atoms with Crippen LogP contribution >= 0.6 is 0 Å². The molecule has 4 heteroatoms. The van der Waals surface area contributed by atoms with E-state index in [9.17, 15) is 0 Å². The molecule has 26 heavy (non-hydrogen) atoms. The third-order valence-corrected chi connectivity index (χ3v) is 5.04. The highest BCUT2D eigenvalue weighted by molar-refractivity contribution is 5.16. The molecule has 0 saturated heterocycles. The van der Waals surface area contributed by atoms with Crippen LogP contribution in [-0.2, 0) is 26.2 Å². The molecule has 0 aliphatic carbocycles. The molecule has 3 rings (SSSR count). The molecule has 0 unspecified atom stereocenters. The number of hydrogen-bond donors (Lipinski definition) is 0. The summed E-state index contributed by atoms with van der Waals surface area (Å²) in [7, 11) is 0. The summed E-state index contributed by atoms with van der Waals surface area (Å²) in [5, 5.41) is 0. The Balaban J connectivity index is 2.04. The maximum atomic E-state index is 4.97. The van der Waals surface area contributed by atoms with Gasteiger partial charge < -0.3 is 0 Å². The normalized spacial score (nSPS) is 17.5. The van der Waals surface area contributed by atoms with Crippen LogP contribution in [0, 0.1) is 0 Å². The van der Waals surface area contributed by atoms with E-state index in [1.165, 1.54) is 0 Å². The number of hydrogen-bond acceptors (Lipinski definition) is 4. The zero-order chi connectivity index (χ0) is 18.9. The molecule has 1 aliphatic rings. The molecule has 1 aliphatic heterocycles. The summed E-state index contributed by atoms with van der Waals surface area (Å²) in [6.45, 7) is 16.9. The molecule has 0 atom stereocenters. The molecule has 4 nitrogen and oxygen atoms in total. The van der Waals surface area contributed by atoms with Gasteiger partial charge >= 0.3 is 0 Å². The van der Waals surface area contributed by atoms with Crippen LogP contribution in [0.2, 0.25) is 0 Å². The first kappa shape index (κ1) is 19.0. The van der Waals surface area contributed by atoms with Gasteiger partial charge in [-0.25, -0.2) is 0 Å². The van der Waals surface area contributed by atoms with Gasteiger partial charge in [-0.1, -0.05) is 12.1 Å². The molecule has 0 fully saturated rings. The summed E-state index contributed by atoms with van der Waals surface area (Å²) in [6.07, 6.45) is 0. The maximum Gasteiger partial charge on any atom is 0.0548 e. The first-order valence-corrected chi connectivity index (χ1v) is 9.51. The zero-order valence-electron chi connectivity index (χ0n) is 17.1. The Morgan fingerprint density at radius 1 is 0.577 bits per heavy atom. The Bertz CT molecular complexity index is 647. The van der Waals surface area contributed by atoms with Crippen LogP contribution in [0.4, 0.5) is 0 Å². The minimum absolute atomic E-state index is 0.0525. The van der Waals surface area contributed by atoms with Crippen LogP contribution in [0.1, 0.15) is 64.3 Å². The molecule has 0 saturated carbocycles. The second-order valence-corrected chi connectivity index (χ2v) is 9.29. The molecule has 140 valence electrons. The van der Waals surface area contributed by atoms with Gasteiger partial charge in [0.1, 0.15) is 0 Å². The fourth-order valence-electron chi connectivity index (χ4n) is 3.25. The lowest BCUT2D eigenvalue weighted by Gasteiger charge is -2.37. The number of fused-ring (bicyclic) bond motifs is 4. The van der Waals surface area contributed by atoms with E-state index in [2.05, 4.69) is 87.7 Å². The van der Waals surface area contributed by atoms with E-state index in [0.717, 1.165) is 49.0 Å². The molecule has 3 heterocycles. The fraction of sp³-hybridized carbons (Fsp3) is 0.545. The van der Waals surface area contributed by atoms with Crippen molar-refractivity contribution in [3.05, 3.63) is 59.2 Å². The van der Waals surface area contributed by atoms with Gasteiger partial charge in [-0.3, -0.25) is 19.8 Å². The topological polar surface area (TPSA) is 32.3 Å². The summed E-state index contributed by atoms with van der Waals surface area (Å²) < 4.78 is 0. The third kappa shape index (κ3) is 4.68. The van der Waals surface area contributed by atoms with Gasteiger partial charge in [0.25, 0.3) is 0 Å². The highest BCUT2D eigenvalue weighted by Gasteiger charge is 2.26. The Morgan fingerprint density at radius 2 is 0.846 bits per heavy atom. The molecular weight excluding hydrogens is 320 g/mol. The fourth-order valence-corrected chi connectivity index (χ4v) is 3.25. The average Bonchev–Trinajstić information content (AvgIpc) is 2.52. The quantitative estimate of drug-likeness (QED) is 0.704. The van der Waals surface area contributed by atoms with Crippen LogP contribution in [0.15, 0.2) is 36.4 Å². The van der Waals surface area contributed by atoms with Crippen LogP contribution in [0.25, 0.3) is 0 Å². The van der Waals surface area contributed by atoms with Crippen LogP contribution in [0.5, 0.6) is 0 Å². The lowest BCUT2D eigenvalue weighted by Crippen LogP contribution is -2.42. The van der Waals surface area contributed by atoms with Crippen molar-refractivity contribution in [1.29, 1.82) is 0 Å². The number of aromatic nitrogens is 2. The third-order valence-electron chi connectivity index (χ3n) is 5.04. The van der Waals surface area contributed by atoms with Crippen molar-refractivity contribution in [2.75, 3.05) is 0 Å². The minimum atomic E-state index is 0.0525. The van der Waals surface area contributed by atoms with Crippen LogP contribution < -0.4 is 0 Å². The molecule has 2 aromatic rings. The first-order valence-electron chi connectivity index (χ1n) is 9.51. The van der Waals surface area contributed by atoms with E-state index in [4.69, 9.17) is 9.97 Å². The van der Waals surface area contributed by atoms with Gasteiger partial charge in [0, 0.05) is 37.3 Å². The van der Waals surface area contributed by atoms with Crippen molar-refractivity contribution < 1.29 is 0 Å². The SMILES string of the molecule is CC(C)(C)N1Cc2cccc(n2)CN(C(C)(C)C)Cc2cccc(n2)C1. The largest absolute Gasteiger partial charge is 0.287 e. The minimum Gasteiger partial charge on any atom is -0.287 e. The van der Waals surface area contributed by atoms with E-state index in [0.29, 0.717) is 0 Å². The Hall–Kier alpha value is -1.78. The molecule has 0 radical (unpaired) electrons. The predicted molar refractivity (Wildman–Crippen MR) is 106 cm³/mol. The van der Waals surface area contributed by atoms with Crippen LogP contribution in [0.3, 0.4) is 0 Å². The average molecular weight is 353 g/mol. The van der Waals surface area contributed by atoms with Gasteiger partial charge in [-0.15, -0.1) is 0 Å².